The lowest BCUT2D eigenvalue weighted by Crippen LogP contribution is -2.22. The molecule has 0 fully saturated rings. The van der Waals surface area contributed by atoms with Crippen LogP contribution in [0.1, 0.15) is 24.2 Å². The van der Waals surface area contributed by atoms with E-state index in [9.17, 15) is 14.4 Å². The Balaban J connectivity index is 1.88. The fourth-order valence-corrected chi connectivity index (χ4v) is 2.23. The van der Waals surface area contributed by atoms with Crippen LogP contribution in [-0.4, -0.2) is 31.3 Å². The van der Waals surface area contributed by atoms with Crippen molar-refractivity contribution < 1.29 is 14.4 Å². The Hall–Kier alpha value is -3.35. The van der Waals surface area contributed by atoms with E-state index < -0.39 is 0 Å². The fraction of sp³-hybridized carbons (Fsp3) is 0.250. The Morgan fingerprint density at radius 3 is 2.11 bits per heavy atom. The lowest BCUT2D eigenvalue weighted by molar-refractivity contribution is -0.119. The summed E-state index contributed by atoms with van der Waals surface area (Å²) in [4.78, 5) is 35.4. The van der Waals surface area contributed by atoms with Gasteiger partial charge in [0.05, 0.1) is 6.54 Å². The molecule has 0 bridgehead atoms. The Labute approximate surface area is 158 Å². The van der Waals surface area contributed by atoms with Crippen LogP contribution in [0.2, 0.25) is 0 Å². The van der Waals surface area contributed by atoms with E-state index in [2.05, 4.69) is 21.3 Å². The van der Waals surface area contributed by atoms with E-state index in [0.29, 0.717) is 16.9 Å². The summed E-state index contributed by atoms with van der Waals surface area (Å²) in [6, 6.07) is 13.8. The van der Waals surface area contributed by atoms with Gasteiger partial charge in [0.15, 0.2) is 0 Å². The predicted octanol–water partition coefficient (Wildman–Crippen LogP) is 2.69. The van der Waals surface area contributed by atoms with E-state index in [1.54, 1.807) is 55.6 Å². The van der Waals surface area contributed by atoms with Crippen LogP contribution in [-0.2, 0) is 9.59 Å². The molecule has 0 heterocycles. The zero-order valence-corrected chi connectivity index (χ0v) is 15.6. The minimum absolute atomic E-state index is 0.0713. The standard InChI is InChI=1S/C20H24N4O3/c1-13(2)19(26)24-17-6-4-5-16(11-17)23-18(25)12-22-15-9-7-14(8-10-15)20(27)21-3/h4-11,13,22H,12H2,1-3H3,(H,21,27)(H,23,25)(H,24,26). The van der Waals surface area contributed by atoms with E-state index in [-0.39, 0.29) is 30.2 Å². The molecule has 0 unspecified atom stereocenters. The molecular weight excluding hydrogens is 344 g/mol. The highest BCUT2D eigenvalue weighted by atomic mass is 16.2. The van der Waals surface area contributed by atoms with Gasteiger partial charge in [-0.15, -0.1) is 0 Å². The van der Waals surface area contributed by atoms with Gasteiger partial charge in [-0.25, -0.2) is 0 Å². The summed E-state index contributed by atoms with van der Waals surface area (Å²) in [5, 5.41) is 11.1. The van der Waals surface area contributed by atoms with Crippen molar-refractivity contribution in [2.24, 2.45) is 5.92 Å². The highest BCUT2D eigenvalue weighted by molar-refractivity contribution is 5.96. The molecular formula is C20H24N4O3. The van der Waals surface area contributed by atoms with E-state index >= 15 is 0 Å². The Morgan fingerprint density at radius 2 is 1.52 bits per heavy atom. The number of anilines is 3. The van der Waals surface area contributed by atoms with Crippen molar-refractivity contribution in [1.82, 2.24) is 5.32 Å². The monoisotopic (exact) mass is 368 g/mol. The first-order valence-corrected chi connectivity index (χ1v) is 8.66. The van der Waals surface area contributed by atoms with Crippen LogP contribution in [0.5, 0.6) is 0 Å². The number of nitrogens with one attached hydrogen (secondary N) is 4. The third-order valence-corrected chi connectivity index (χ3v) is 3.77. The van der Waals surface area contributed by atoms with E-state index in [1.807, 2.05) is 13.8 Å². The van der Waals surface area contributed by atoms with Gasteiger partial charge in [-0.1, -0.05) is 19.9 Å². The topological polar surface area (TPSA) is 99.3 Å². The number of carbonyl (C=O) groups excluding carboxylic acids is 3. The first kappa shape index (κ1) is 20.0. The third-order valence-electron chi connectivity index (χ3n) is 3.77. The van der Waals surface area contributed by atoms with Gasteiger partial charge in [-0.2, -0.15) is 0 Å². The van der Waals surface area contributed by atoms with Crippen LogP contribution < -0.4 is 21.3 Å². The number of hydrogen-bond donors (Lipinski definition) is 4. The second-order valence-electron chi connectivity index (χ2n) is 6.28. The summed E-state index contributed by atoms with van der Waals surface area (Å²) in [5.74, 6) is -0.593. The van der Waals surface area contributed by atoms with E-state index in [1.165, 1.54) is 0 Å². The van der Waals surface area contributed by atoms with E-state index in [4.69, 9.17) is 0 Å². The van der Waals surface area contributed by atoms with Gasteiger partial charge in [0.1, 0.15) is 0 Å². The van der Waals surface area contributed by atoms with Crippen molar-refractivity contribution >= 4 is 34.8 Å². The molecule has 0 aliphatic heterocycles. The normalized spacial score (nSPS) is 10.2. The zero-order valence-electron chi connectivity index (χ0n) is 15.6. The molecule has 0 radical (unpaired) electrons. The summed E-state index contributed by atoms with van der Waals surface area (Å²) < 4.78 is 0. The second kappa shape index (κ2) is 9.38. The van der Waals surface area contributed by atoms with Crippen LogP contribution in [0.15, 0.2) is 48.5 Å². The second-order valence-corrected chi connectivity index (χ2v) is 6.28. The van der Waals surface area contributed by atoms with Crippen molar-refractivity contribution in [1.29, 1.82) is 0 Å². The highest BCUT2D eigenvalue weighted by Crippen LogP contribution is 2.16. The van der Waals surface area contributed by atoms with Gasteiger partial charge in [0.2, 0.25) is 11.8 Å². The summed E-state index contributed by atoms with van der Waals surface area (Å²) in [7, 11) is 1.57. The molecule has 7 heteroatoms. The maximum Gasteiger partial charge on any atom is 0.251 e. The van der Waals surface area contributed by atoms with Crippen molar-refractivity contribution in [3.05, 3.63) is 54.1 Å². The molecule has 0 aliphatic carbocycles. The average molecular weight is 368 g/mol. The van der Waals surface area contributed by atoms with Crippen LogP contribution in [0.25, 0.3) is 0 Å². The van der Waals surface area contributed by atoms with Gasteiger partial charge < -0.3 is 21.3 Å². The van der Waals surface area contributed by atoms with Crippen molar-refractivity contribution in [3.63, 3.8) is 0 Å². The molecule has 27 heavy (non-hydrogen) atoms. The van der Waals surface area contributed by atoms with Crippen LogP contribution >= 0.6 is 0 Å². The SMILES string of the molecule is CNC(=O)c1ccc(NCC(=O)Nc2cccc(NC(=O)C(C)C)c2)cc1. The molecule has 0 spiro atoms. The molecule has 2 aromatic carbocycles. The number of amides is 3. The summed E-state index contributed by atoms with van der Waals surface area (Å²) in [5.41, 5.74) is 2.51. The average Bonchev–Trinajstić information content (AvgIpc) is 2.66. The smallest absolute Gasteiger partial charge is 0.251 e. The molecule has 0 saturated heterocycles. The number of benzene rings is 2. The molecule has 2 rings (SSSR count). The van der Waals surface area contributed by atoms with Crippen molar-refractivity contribution in [3.8, 4) is 0 Å². The number of hydrogen-bond acceptors (Lipinski definition) is 4. The summed E-state index contributed by atoms with van der Waals surface area (Å²) in [6.07, 6.45) is 0. The lowest BCUT2D eigenvalue weighted by Gasteiger charge is -2.11. The first-order chi connectivity index (χ1) is 12.9. The largest absolute Gasteiger partial charge is 0.376 e. The molecule has 0 saturated carbocycles. The summed E-state index contributed by atoms with van der Waals surface area (Å²) in [6.45, 7) is 3.70. The Bertz CT molecular complexity index is 816. The summed E-state index contributed by atoms with van der Waals surface area (Å²) >= 11 is 0. The van der Waals surface area contributed by atoms with Crippen molar-refractivity contribution in [2.75, 3.05) is 29.5 Å². The predicted molar refractivity (Wildman–Crippen MR) is 107 cm³/mol. The molecule has 0 atom stereocenters. The van der Waals surface area contributed by atoms with Gasteiger partial charge in [0, 0.05) is 35.6 Å². The quantitative estimate of drug-likeness (QED) is 0.604. The zero-order chi connectivity index (χ0) is 19.8. The van der Waals surface area contributed by atoms with Gasteiger partial charge >= 0.3 is 0 Å². The van der Waals surface area contributed by atoms with Gasteiger partial charge in [-0.3, -0.25) is 14.4 Å². The maximum atomic E-state index is 12.1. The molecule has 0 aromatic heterocycles. The molecule has 0 aliphatic rings. The van der Waals surface area contributed by atoms with Crippen LogP contribution in [0.4, 0.5) is 17.1 Å². The van der Waals surface area contributed by atoms with Gasteiger partial charge in [-0.05, 0) is 42.5 Å². The first-order valence-electron chi connectivity index (χ1n) is 8.66. The number of rotatable bonds is 7. The highest BCUT2D eigenvalue weighted by Gasteiger charge is 2.08. The molecule has 7 nitrogen and oxygen atoms in total. The molecule has 2 aromatic rings. The number of carbonyl (C=O) groups is 3. The minimum atomic E-state index is -0.224. The van der Waals surface area contributed by atoms with Crippen molar-refractivity contribution in [2.45, 2.75) is 13.8 Å². The van der Waals surface area contributed by atoms with Crippen LogP contribution in [0.3, 0.4) is 0 Å². The van der Waals surface area contributed by atoms with Crippen LogP contribution in [0, 0.1) is 5.92 Å². The van der Waals surface area contributed by atoms with E-state index in [0.717, 1.165) is 5.69 Å². The Kier molecular flexibility index (Phi) is 6.93. The molecule has 4 N–H and O–H groups in total. The van der Waals surface area contributed by atoms with Gasteiger partial charge in [0.25, 0.3) is 5.91 Å². The third kappa shape index (κ3) is 6.14. The Morgan fingerprint density at radius 1 is 0.889 bits per heavy atom. The molecule has 142 valence electrons. The molecule has 3 amide bonds. The fourth-order valence-electron chi connectivity index (χ4n) is 2.23. The maximum absolute atomic E-state index is 12.1. The minimum Gasteiger partial charge on any atom is -0.376 e. The lowest BCUT2D eigenvalue weighted by atomic mass is 10.2.